The monoisotopic (exact) mass is 207 g/mol. The highest BCUT2D eigenvalue weighted by Crippen LogP contribution is 2.11. The van der Waals surface area contributed by atoms with Crippen molar-refractivity contribution in [3.8, 4) is 5.75 Å². The van der Waals surface area contributed by atoms with Crippen LogP contribution >= 0.6 is 0 Å². The molecule has 1 rings (SSSR count). The maximum atomic E-state index is 10.5. The van der Waals surface area contributed by atoms with Gasteiger partial charge in [0.05, 0.1) is 6.61 Å². The first-order valence-electron chi connectivity index (χ1n) is 5.05. The van der Waals surface area contributed by atoms with Crippen LogP contribution in [0.15, 0.2) is 24.3 Å². The lowest BCUT2D eigenvalue weighted by molar-refractivity contribution is 0.112. The van der Waals surface area contributed by atoms with Crippen LogP contribution in [-0.4, -0.2) is 38.4 Å². The zero-order valence-corrected chi connectivity index (χ0v) is 9.27. The third-order valence-corrected chi connectivity index (χ3v) is 2.01. The van der Waals surface area contributed by atoms with Crippen molar-refractivity contribution in [2.75, 3.05) is 27.2 Å². The summed E-state index contributed by atoms with van der Waals surface area (Å²) in [5.74, 6) is 0.762. The highest BCUT2D eigenvalue weighted by atomic mass is 16.5. The van der Waals surface area contributed by atoms with Crippen LogP contribution in [0.1, 0.15) is 16.8 Å². The summed E-state index contributed by atoms with van der Waals surface area (Å²) in [6.45, 7) is 1.69. The van der Waals surface area contributed by atoms with Crippen molar-refractivity contribution in [1.29, 1.82) is 0 Å². The third-order valence-electron chi connectivity index (χ3n) is 2.01. The molecule has 0 N–H and O–H groups in total. The highest BCUT2D eigenvalue weighted by Gasteiger charge is 1.96. The van der Waals surface area contributed by atoms with Crippen LogP contribution in [-0.2, 0) is 0 Å². The second-order valence-corrected chi connectivity index (χ2v) is 3.70. The largest absolute Gasteiger partial charge is 0.494 e. The molecule has 0 amide bonds. The van der Waals surface area contributed by atoms with E-state index in [0.29, 0.717) is 12.2 Å². The smallest absolute Gasteiger partial charge is 0.150 e. The lowest BCUT2D eigenvalue weighted by atomic mass is 10.2. The molecule has 1 aromatic rings. The van der Waals surface area contributed by atoms with Crippen LogP contribution in [0.25, 0.3) is 0 Å². The summed E-state index contributed by atoms with van der Waals surface area (Å²) in [6, 6.07) is 7.20. The Balaban J connectivity index is 2.34. The molecule has 0 saturated carbocycles. The Kier molecular flexibility index (Phi) is 4.84. The van der Waals surface area contributed by atoms with Gasteiger partial charge in [0.25, 0.3) is 0 Å². The van der Waals surface area contributed by atoms with E-state index in [1.165, 1.54) is 0 Å². The molecular weight excluding hydrogens is 190 g/mol. The van der Waals surface area contributed by atoms with Gasteiger partial charge in [0.15, 0.2) is 0 Å². The van der Waals surface area contributed by atoms with E-state index in [1.54, 1.807) is 12.1 Å². The molecule has 0 bridgehead atoms. The molecule has 82 valence electrons. The summed E-state index contributed by atoms with van der Waals surface area (Å²) < 4.78 is 5.51. The van der Waals surface area contributed by atoms with Crippen molar-refractivity contribution in [3.05, 3.63) is 29.8 Å². The average molecular weight is 207 g/mol. The van der Waals surface area contributed by atoms with Gasteiger partial charge in [-0.3, -0.25) is 4.79 Å². The second-order valence-electron chi connectivity index (χ2n) is 3.70. The summed E-state index contributed by atoms with van der Waals surface area (Å²) in [7, 11) is 4.07. The minimum absolute atomic E-state index is 0.653. The molecule has 0 fully saturated rings. The molecule has 0 aliphatic carbocycles. The van der Waals surface area contributed by atoms with E-state index in [1.807, 2.05) is 26.2 Å². The van der Waals surface area contributed by atoms with E-state index in [4.69, 9.17) is 4.74 Å². The van der Waals surface area contributed by atoms with Gasteiger partial charge < -0.3 is 9.64 Å². The fourth-order valence-corrected chi connectivity index (χ4v) is 1.25. The van der Waals surface area contributed by atoms with Crippen LogP contribution in [0.2, 0.25) is 0 Å². The number of hydrogen-bond acceptors (Lipinski definition) is 3. The van der Waals surface area contributed by atoms with Crippen LogP contribution < -0.4 is 4.74 Å². The Bertz CT molecular complexity index is 310. The number of nitrogens with zero attached hydrogens (tertiary/aromatic N) is 1. The van der Waals surface area contributed by atoms with Gasteiger partial charge in [-0.05, 0) is 32.6 Å². The van der Waals surface area contributed by atoms with Gasteiger partial charge in [-0.25, -0.2) is 0 Å². The van der Waals surface area contributed by atoms with E-state index in [9.17, 15) is 4.79 Å². The zero-order valence-electron chi connectivity index (χ0n) is 9.27. The molecule has 0 spiro atoms. The summed E-state index contributed by atoms with van der Waals surface area (Å²) >= 11 is 0. The van der Waals surface area contributed by atoms with Gasteiger partial charge in [-0.1, -0.05) is 12.1 Å². The van der Waals surface area contributed by atoms with E-state index in [0.717, 1.165) is 25.0 Å². The molecular formula is C12H17NO2. The maximum absolute atomic E-state index is 10.5. The molecule has 1 aromatic carbocycles. The van der Waals surface area contributed by atoms with Gasteiger partial charge in [-0.2, -0.15) is 0 Å². The molecule has 0 atom stereocenters. The van der Waals surface area contributed by atoms with E-state index >= 15 is 0 Å². The number of ether oxygens (including phenoxy) is 1. The predicted octanol–water partition coefficient (Wildman–Crippen LogP) is 1.83. The van der Waals surface area contributed by atoms with Crippen molar-refractivity contribution >= 4 is 6.29 Å². The number of rotatable bonds is 6. The predicted molar refractivity (Wildman–Crippen MR) is 60.5 cm³/mol. The van der Waals surface area contributed by atoms with Crippen molar-refractivity contribution in [2.45, 2.75) is 6.42 Å². The first-order valence-corrected chi connectivity index (χ1v) is 5.05. The molecule has 0 heterocycles. The van der Waals surface area contributed by atoms with Gasteiger partial charge in [0.2, 0.25) is 0 Å². The van der Waals surface area contributed by atoms with E-state index in [2.05, 4.69) is 4.90 Å². The minimum atomic E-state index is 0.653. The molecule has 0 aliphatic heterocycles. The SMILES string of the molecule is CN(C)CCCOc1cccc(C=O)c1. The number of hydrogen-bond donors (Lipinski definition) is 0. The standard InChI is InChI=1S/C12H17NO2/c1-13(2)7-4-8-15-12-6-3-5-11(9-12)10-14/h3,5-6,9-10H,4,7-8H2,1-2H3. The molecule has 3 nitrogen and oxygen atoms in total. The van der Waals surface area contributed by atoms with Gasteiger partial charge in [-0.15, -0.1) is 0 Å². The Labute approximate surface area is 90.7 Å². The first kappa shape index (κ1) is 11.7. The third kappa shape index (κ3) is 4.61. The fourth-order valence-electron chi connectivity index (χ4n) is 1.25. The lowest BCUT2D eigenvalue weighted by Crippen LogP contribution is -2.15. The van der Waals surface area contributed by atoms with Crippen LogP contribution in [0.5, 0.6) is 5.75 Å². The van der Waals surface area contributed by atoms with Gasteiger partial charge >= 0.3 is 0 Å². The normalized spacial score (nSPS) is 10.3. The van der Waals surface area contributed by atoms with Gasteiger partial charge in [0.1, 0.15) is 12.0 Å². The lowest BCUT2D eigenvalue weighted by Gasteiger charge is -2.10. The molecule has 0 aromatic heterocycles. The second kappa shape index (κ2) is 6.19. The van der Waals surface area contributed by atoms with E-state index < -0.39 is 0 Å². The summed E-state index contributed by atoms with van der Waals surface area (Å²) in [6.07, 6.45) is 1.81. The zero-order chi connectivity index (χ0) is 11.1. The van der Waals surface area contributed by atoms with Crippen molar-refractivity contribution < 1.29 is 9.53 Å². The summed E-state index contributed by atoms with van der Waals surface area (Å²) in [5, 5.41) is 0. The van der Waals surface area contributed by atoms with Crippen molar-refractivity contribution in [2.24, 2.45) is 0 Å². The molecule has 15 heavy (non-hydrogen) atoms. The Hall–Kier alpha value is -1.35. The van der Waals surface area contributed by atoms with Crippen LogP contribution in [0, 0.1) is 0 Å². The Morgan fingerprint density at radius 1 is 1.40 bits per heavy atom. The number of carbonyl (C=O) groups excluding carboxylic acids is 1. The van der Waals surface area contributed by atoms with Crippen molar-refractivity contribution in [1.82, 2.24) is 4.90 Å². The number of aldehydes is 1. The molecule has 3 heteroatoms. The molecule has 0 radical (unpaired) electrons. The Morgan fingerprint density at radius 2 is 2.20 bits per heavy atom. The first-order chi connectivity index (χ1) is 7.22. The highest BCUT2D eigenvalue weighted by molar-refractivity contribution is 5.75. The topological polar surface area (TPSA) is 29.5 Å². The van der Waals surface area contributed by atoms with Gasteiger partial charge in [0, 0.05) is 12.1 Å². The quantitative estimate of drug-likeness (QED) is 0.526. The molecule has 0 aliphatic rings. The molecule has 0 saturated heterocycles. The van der Waals surface area contributed by atoms with Crippen LogP contribution in [0.3, 0.4) is 0 Å². The summed E-state index contributed by atoms with van der Waals surface area (Å²) in [5.41, 5.74) is 0.653. The minimum Gasteiger partial charge on any atom is -0.494 e. The van der Waals surface area contributed by atoms with Crippen molar-refractivity contribution in [3.63, 3.8) is 0 Å². The number of benzene rings is 1. The Morgan fingerprint density at radius 3 is 2.87 bits per heavy atom. The fraction of sp³-hybridized carbons (Fsp3) is 0.417. The molecule has 0 unspecified atom stereocenters. The van der Waals surface area contributed by atoms with Crippen LogP contribution in [0.4, 0.5) is 0 Å². The number of carbonyl (C=O) groups is 1. The average Bonchev–Trinajstić information content (AvgIpc) is 2.24. The maximum Gasteiger partial charge on any atom is 0.150 e. The van der Waals surface area contributed by atoms with E-state index in [-0.39, 0.29) is 0 Å². The summed E-state index contributed by atoms with van der Waals surface area (Å²) in [4.78, 5) is 12.6.